The highest BCUT2D eigenvalue weighted by Gasteiger charge is 2.24. The van der Waals surface area contributed by atoms with Crippen LogP contribution in [-0.2, 0) is 0 Å². The van der Waals surface area contributed by atoms with E-state index in [1.165, 1.54) is 4.57 Å². The molecule has 1 aromatic carbocycles. The molecule has 3 aromatic rings. The van der Waals surface area contributed by atoms with Gasteiger partial charge in [0.15, 0.2) is 0 Å². The predicted molar refractivity (Wildman–Crippen MR) is 118 cm³/mol. The summed E-state index contributed by atoms with van der Waals surface area (Å²) < 4.78 is 1.53. The number of aromatic amines is 1. The van der Waals surface area contributed by atoms with Crippen LogP contribution < -0.4 is 15.9 Å². The van der Waals surface area contributed by atoms with Gasteiger partial charge in [0.2, 0.25) is 0 Å². The number of piperazine rings is 1. The predicted octanol–water partition coefficient (Wildman–Crippen LogP) is 3.53. The van der Waals surface area contributed by atoms with Crippen molar-refractivity contribution in [2.24, 2.45) is 0 Å². The van der Waals surface area contributed by atoms with E-state index in [1.807, 2.05) is 24.0 Å². The van der Waals surface area contributed by atoms with E-state index in [1.54, 1.807) is 35.5 Å². The molecule has 2 aromatic heterocycles. The van der Waals surface area contributed by atoms with Gasteiger partial charge in [-0.1, -0.05) is 35.3 Å². The molecule has 1 saturated heterocycles. The molecule has 2 amide bonds. The lowest BCUT2D eigenvalue weighted by Crippen LogP contribution is -2.50. The standard InChI is InChI=1S/C20H20Cl2N6O2/c1-13-11-24-19(29)28(13)17-5-3-2-4-16(17)25-20(30)27-8-6-26(7-9-27)18-15(22)10-14(21)12-23-18/h2-5,10-12H,6-9H2,1H3,(H,24,29)(H,25,30). The van der Waals surface area contributed by atoms with Gasteiger partial charge in [0.05, 0.1) is 21.4 Å². The van der Waals surface area contributed by atoms with E-state index in [0.29, 0.717) is 53.4 Å². The fourth-order valence-electron chi connectivity index (χ4n) is 3.48. The quantitative estimate of drug-likeness (QED) is 0.644. The maximum absolute atomic E-state index is 12.9. The lowest BCUT2D eigenvalue weighted by molar-refractivity contribution is 0.208. The molecular formula is C20H20Cl2N6O2. The van der Waals surface area contributed by atoms with Crippen molar-refractivity contribution in [2.75, 3.05) is 36.4 Å². The number of rotatable bonds is 3. The Morgan fingerprint density at radius 1 is 1.17 bits per heavy atom. The van der Waals surface area contributed by atoms with Gasteiger partial charge in [-0.2, -0.15) is 0 Å². The van der Waals surface area contributed by atoms with E-state index >= 15 is 0 Å². The fourth-order valence-corrected chi connectivity index (χ4v) is 3.98. The summed E-state index contributed by atoms with van der Waals surface area (Å²) in [5.41, 5.74) is 1.68. The summed E-state index contributed by atoms with van der Waals surface area (Å²) in [5, 5.41) is 3.90. The molecular weight excluding hydrogens is 427 g/mol. The molecule has 0 bridgehead atoms. The topological polar surface area (TPSA) is 86.3 Å². The van der Waals surface area contributed by atoms with Crippen molar-refractivity contribution in [1.29, 1.82) is 0 Å². The molecule has 0 saturated carbocycles. The monoisotopic (exact) mass is 446 g/mol. The summed E-state index contributed by atoms with van der Waals surface area (Å²) in [6.07, 6.45) is 3.19. The van der Waals surface area contributed by atoms with E-state index in [2.05, 4.69) is 15.3 Å². The summed E-state index contributed by atoms with van der Waals surface area (Å²) in [4.78, 5) is 35.7. The molecule has 1 aliphatic rings. The molecule has 30 heavy (non-hydrogen) atoms. The first-order chi connectivity index (χ1) is 14.4. The van der Waals surface area contributed by atoms with Crippen LogP contribution >= 0.6 is 23.2 Å². The van der Waals surface area contributed by atoms with Gasteiger partial charge in [-0.15, -0.1) is 0 Å². The van der Waals surface area contributed by atoms with Crippen LogP contribution in [0.4, 0.5) is 16.3 Å². The van der Waals surface area contributed by atoms with E-state index < -0.39 is 0 Å². The molecule has 1 aliphatic heterocycles. The zero-order chi connectivity index (χ0) is 21.3. The van der Waals surface area contributed by atoms with Crippen LogP contribution in [-0.4, -0.2) is 51.6 Å². The number of hydrogen-bond acceptors (Lipinski definition) is 4. The molecule has 0 spiro atoms. The average molecular weight is 447 g/mol. The molecule has 0 atom stereocenters. The first-order valence-corrected chi connectivity index (χ1v) is 10.2. The highest BCUT2D eigenvalue weighted by Crippen LogP contribution is 2.27. The zero-order valence-electron chi connectivity index (χ0n) is 16.2. The second-order valence-corrected chi connectivity index (χ2v) is 7.79. The zero-order valence-corrected chi connectivity index (χ0v) is 17.7. The highest BCUT2D eigenvalue weighted by atomic mass is 35.5. The number of imidazole rings is 1. The maximum atomic E-state index is 12.9. The van der Waals surface area contributed by atoms with E-state index in [-0.39, 0.29) is 11.7 Å². The molecule has 0 unspecified atom stereocenters. The van der Waals surface area contributed by atoms with Crippen molar-refractivity contribution >= 4 is 40.7 Å². The number of aryl methyl sites for hydroxylation is 1. The van der Waals surface area contributed by atoms with Gasteiger partial charge in [-0.3, -0.25) is 4.57 Å². The second kappa shape index (κ2) is 8.41. The van der Waals surface area contributed by atoms with Gasteiger partial charge in [-0.25, -0.2) is 14.6 Å². The minimum atomic E-state index is -0.254. The number of hydrogen-bond donors (Lipinski definition) is 2. The maximum Gasteiger partial charge on any atom is 0.330 e. The Bertz CT molecular complexity index is 1130. The number of amides is 2. The third-order valence-electron chi connectivity index (χ3n) is 5.00. The molecule has 1 fully saturated rings. The smallest absolute Gasteiger partial charge is 0.330 e. The van der Waals surface area contributed by atoms with Gasteiger partial charge in [-0.05, 0) is 25.1 Å². The van der Waals surface area contributed by atoms with E-state index in [0.717, 1.165) is 5.69 Å². The Kier molecular flexibility index (Phi) is 5.69. The average Bonchev–Trinajstić information content (AvgIpc) is 3.07. The minimum absolute atomic E-state index is 0.224. The number of nitrogens with one attached hydrogen (secondary N) is 2. The van der Waals surface area contributed by atoms with Gasteiger partial charge < -0.3 is 20.1 Å². The van der Waals surface area contributed by atoms with Crippen molar-refractivity contribution in [2.45, 2.75) is 6.92 Å². The van der Waals surface area contributed by atoms with Crippen LogP contribution in [0.3, 0.4) is 0 Å². The molecule has 156 valence electrons. The number of carbonyl (C=O) groups excluding carboxylic acids is 1. The Morgan fingerprint density at radius 3 is 2.57 bits per heavy atom. The number of urea groups is 1. The number of benzene rings is 1. The van der Waals surface area contributed by atoms with E-state index in [4.69, 9.17) is 23.2 Å². The normalized spacial score (nSPS) is 14.1. The summed E-state index contributed by atoms with van der Waals surface area (Å²) >= 11 is 12.2. The third kappa shape index (κ3) is 4.01. The molecule has 8 nitrogen and oxygen atoms in total. The van der Waals surface area contributed by atoms with Crippen LogP contribution in [0.1, 0.15) is 5.69 Å². The number of H-pyrrole nitrogens is 1. The molecule has 10 heteroatoms. The van der Waals surface area contributed by atoms with Gasteiger partial charge in [0, 0.05) is 44.3 Å². The highest BCUT2D eigenvalue weighted by molar-refractivity contribution is 6.36. The Labute approximate surface area is 183 Å². The lowest BCUT2D eigenvalue weighted by Gasteiger charge is -2.35. The fraction of sp³-hybridized carbons (Fsp3) is 0.250. The number of pyridine rings is 1. The largest absolute Gasteiger partial charge is 0.352 e. The summed E-state index contributed by atoms with van der Waals surface area (Å²) in [7, 11) is 0. The number of aromatic nitrogens is 3. The number of nitrogens with zero attached hydrogens (tertiary/aromatic N) is 4. The minimum Gasteiger partial charge on any atom is -0.352 e. The molecule has 0 radical (unpaired) electrons. The Hall–Kier alpha value is -2.97. The van der Waals surface area contributed by atoms with Crippen molar-refractivity contribution in [1.82, 2.24) is 19.4 Å². The number of para-hydroxylation sites is 2. The van der Waals surface area contributed by atoms with Gasteiger partial charge >= 0.3 is 11.7 Å². The molecule has 2 N–H and O–H groups in total. The van der Waals surface area contributed by atoms with Gasteiger partial charge in [0.1, 0.15) is 5.82 Å². The van der Waals surface area contributed by atoms with Crippen LogP contribution in [0.5, 0.6) is 0 Å². The van der Waals surface area contributed by atoms with Crippen LogP contribution in [0.2, 0.25) is 10.0 Å². The summed E-state index contributed by atoms with van der Waals surface area (Å²) in [6, 6.07) is 8.65. The van der Waals surface area contributed by atoms with Crippen LogP contribution in [0, 0.1) is 6.92 Å². The van der Waals surface area contributed by atoms with Crippen LogP contribution in [0.15, 0.2) is 47.5 Å². The summed E-state index contributed by atoms with van der Waals surface area (Å²) in [5.74, 6) is 0.661. The number of carbonyl (C=O) groups is 1. The summed E-state index contributed by atoms with van der Waals surface area (Å²) in [6.45, 7) is 4.04. The molecule has 4 rings (SSSR count). The Balaban J connectivity index is 1.46. The van der Waals surface area contributed by atoms with Gasteiger partial charge in [0.25, 0.3) is 0 Å². The lowest BCUT2D eigenvalue weighted by atomic mass is 10.2. The number of anilines is 2. The molecule has 3 heterocycles. The first-order valence-electron chi connectivity index (χ1n) is 9.42. The van der Waals surface area contributed by atoms with Crippen molar-refractivity contribution < 1.29 is 4.79 Å². The van der Waals surface area contributed by atoms with E-state index in [9.17, 15) is 9.59 Å². The van der Waals surface area contributed by atoms with Crippen molar-refractivity contribution in [3.8, 4) is 5.69 Å². The van der Waals surface area contributed by atoms with Crippen molar-refractivity contribution in [3.05, 3.63) is 68.9 Å². The number of halogens is 2. The van der Waals surface area contributed by atoms with Crippen LogP contribution in [0.25, 0.3) is 5.69 Å². The first kappa shape index (κ1) is 20.3. The third-order valence-corrected chi connectivity index (χ3v) is 5.49. The van der Waals surface area contributed by atoms with Crippen molar-refractivity contribution in [3.63, 3.8) is 0 Å². The Morgan fingerprint density at radius 2 is 1.90 bits per heavy atom. The molecule has 0 aliphatic carbocycles. The second-order valence-electron chi connectivity index (χ2n) is 6.95. The SMILES string of the molecule is Cc1c[nH]c(=O)n1-c1ccccc1NC(=O)N1CCN(c2ncc(Cl)cc2Cl)CC1.